The van der Waals surface area contributed by atoms with Crippen LogP contribution in [0.5, 0.6) is 0 Å². The number of nitrogens with two attached hydrogens (primary N) is 1. The van der Waals surface area contributed by atoms with E-state index >= 15 is 4.39 Å². The quantitative estimate of drug-likeness (QED) is 0.299. The molecule has 1 aliphatic carbocycles. The van der Waals surface area contributed by atoms with Crippen LogP contribution in [0, 0.1) is 5.82 Å². The van der Waals surface area contributed by atoms with Crippen molar-refractivity contribution in [2.45, 2.75) is 64.2 Å². The summed E-state index contributed by atoms with van der Waals surface area (Å²) < 4.78 is 16.8. The Labute approximate surface area is 236 Å². The molecule has 1 fully saturated rings. The van der Waals surface area contributed by atoms with Crippen molar-refractivity contribution in [2.24, 2.45) is 0 Å². The molecule has 2 aromatic heterocycles. The van der Waals surface area contributed by atoms with Crippen molar-refractivity contribution in [3.63, 3.8) is 0 Å². The fourth-order valence-corrected chi connectivity index (χ4v) is 5.48. The van der Waals surface area contributed by atoms with Crippen molar-refractivity contribution >= 4 is 17.5 Å². The van der Waals surface area contributed by atoms with Gasteiger partial charge in [-0.2, -0.15) is 15.1 Å². The fraction of sp³-hybridized carbons (Fsp3) is 0.367. The second-order valence-corrected chi connectivity index (χ2v) is 11.4. The van der Waals surface area contributed by atoms with E-state index in [2.05, 4.69) is 20.1 Å². The van der Waals surface area contributed by atoms with Crippen molar-refractivity contribution in [3.05, 3.63) is 82.2 Å². The molecule has 3 heterocycles. The van der Waals surface area contributed by atoms with Gasteiger partial charge in [-0.05, 0) is 67.9 Å². The second kappa shape index (κ2) is 10.3. The number of carbonyl (C=O) groups is 1. The van der Waals surface area contributed by atoms with E-state index in [1.165, 1.54) is 11.0 Å². The predicted octanol–water partition coefficient (Wildman–Crippen LogP) is 3.39. The van der Waals surface area contributed by atoms with Gasteiger partial charge in [-0.25, -0.2) is 9.37 Å². The third kappa shape index (κ3) is 5.55. The molecule has 0 unspecified atom stereocenters. The number of hydrogen-bond acceptors (Lipinski definition) is 8. The Morgan fingerprint density at radius 2 is 1.98 bits per heavy atom. The number of anilines is 2. The van der Waals surface area contributed by atoms with E-state index in [-0.39, 0.29) is 17.3 Å². The maximum absolute atomic E-state index is 15.2. The molecule has 6 rings (SSSR count). The lowest BCUT2D eigenvalue weighted by molar-refractivity contribution is 0.0577. The maximum atomic E-state index is 15.2. The molecule has 4 aromatic rings. The first-order chi connectivity index (χ1) is 19.6. The molecule has 4 N–H and O–H groups in total. The van der Waals surface area contributed by atoms with Gasteiger partial charge in [0.1, 0.15) is 11.6 Å². The Kier molecular flexibility index (Phi) is 6.79. The second-order valence-electron chi connectivity index (χ2n) is 11.4. The molecule has 0 bridgehead atoms. The number of amides is 1. The van der Waals surface area contributed by atoms with Crippen molar-refractivity contribution in [1.82, 2.24) is 24.7 Å². The summed E-state index contributed by atoms with van der Waals surface area (Å²) in [5, 5.41) is 24.8. The van der Waals surface area contributed by atoms with Gasteiger partial charge in [-0.15, -0.1) is 0 Å². The van der Waals surface area contributed by atoms with E-state index in [0.29, 0.717) is 54.5 Å². The first kappa shape index (κ1) is 27.0. The van der Waals surface area contributed by atoms with Gasteiger partial charge in [0.25, 0.3) is 5.91 Å². The number of nitrogen functional groups attached to an aromatic ring is 1. The highest BCUT2D eigenvalue weighted by Gasteiger charge is 2.33. The van der Waals surface area contributed by atoms with Gasteiger partial charge in [0.15, 0.2) is 5.82 Å². The lowest BCUT2D eigenvalue weighted by atomic mass is 9.93. The Bertz CT molecular complexity index is 1640. The Morgan fingerprint density at radius 1 is 1.17 bits per heavy atom. The van der Waals surface area contributed by atoms with Crippen LogP contribution < -0.4 is 10.6 Å². The molecule has 1 aliphatic heterocycles. The summed E-state index contributed by atoms with van der Waals surface area (Å²) in [4.78, 5) is 28.3. The molecule has 1 amide bonds. The number of aliphatic hydroxyl groups is 2. The van der Waals surface area contributed by atoms with Crippen LogP contribution in [0.2, 0.25) is 0 Å². The van der Waals surface area contributed by atoms with Gasteiger partial charge >= 0.3 is 0 Å². The van der Waals surface area contributed by atoms with Crippen LogP contribution >= 0.6 is 0 Å². The largest absolute Gasteiger partial charge is 0.392 e. The summed E-state index contributed by atoms with van der Waals surface area (Å²) in [6.07, 6.45) is 6.43. The number of aliphatic hydroxyl groups excluding tert-OH is 1. The summed E-state index contributed by atoms with van der Waals surface area (Å²) in [7, 11) is 0. The third-order valence-corrected chi connectivity index (χ3v) is 7.44. The van der Waals surface area contributed by atoms with Gasteiger partial charge in [0.2, 0.25) is 5.95 Å². The zero-order valence-electron chi connectivity index (χ0n) is 23.0. The number of rotatable bonds is 8. The van der Waals surface area contributed by atoms with E-state index in [9.17, 15) is 15.0 Å². The van der Waals surface area contributed by atoms with Crippen LogP contribution in [0.15, 0.2) is 42.7 Å². The molecular formula is C30H32FN7O3. The summed E-state index contributed by atoms with van der Waals surface area (Å²) in [6, 6.07) is 8.69. The van der Waals surface area contributed by atoms with Crippen LogP contribution in [-0.2, 0) is 26.0 Å². The smallest absolute Gasteiger partial charge is 0.261 e. The topological polar surface area (TPSA) is 143 Å². The first-order valence-electron chi connectivity index (χ1n) is 13.7. The zero-order valence-corrected chi connectivity index (χ0v) is 23.0. The third-order valence-electron chi connectivity index (χ3n) is 7.44. The molecule has 10 nitrogen and oxygen atoms in total. The minimum absolute atomic E-state index is 0.0136. The first-order valence-corrected chi connectivity index (χ1v) is 13.7. The number of hydrogen-bond donors (Lipinski definition) is 3. The number of carbonyl (C=O) groups excluding carboxylic acids is 1. The molecule has 41 heavy (non-hydrogen) atoms. The van der Waals surface area contributed by atoms with Crippen molar-refractivity contribution in [3.8, 4) is 11.4 Å². The van der Waals surface area contributed by atoms with Crippen molar-refractivity contribution < 1.29 is 19.4 Å². The maximum Gasteiger partial charge on any atom is 0.261 e. The fourth-order valence-electron chi connectivity index (χ4n) is 5.48. The predicted molar refractivity (Wildman–Crippen MR) is 151 cm³/mol. The summed E-state index contributed by atoms with van der Waals surface area (Å²) in [6.45, 7) is 3.70. The number of halogens is 1. The highest BCUT2D eigenvalue weighted by molar-refractivity contribution is 6.09. The lowest BCUT2D eigenvalue weighted by Gasteiger charge is -2.31. The molecule has 212 valence electrons. The normalized spacial score (nSPS) is 15.3. The van der Waals surface area contributed by atoms with E-state index in [1.54, 1.807) is 42.9 Å². The summed E-state index contributed by atoms with van der Waals surface area (Å²) in [5.41, 5.74) is 9.17. The van der Waals surface area contributed by atoms with Gasteiger partial charge in [0.05, 0.1) is 36.2 Å². The Balaban J connectivity index is 1.31. The molecule has 1 saturated carbocycles. The Hall–Kier alpha value is -4.22. The minimum Gasteiger partial charge on any atom is -0.392 e. The SMILES string of the molecule is CC(C)(O)Cn1cc(Cc2nc(N)nc(-c3cccc(N4CCc5cc(C6CC6)cc(F)c5C4=O)c3CO)n2)cn1. The number of fused-ring (bicyclic) bond motifs is 1. The number of benzene rings is 2. The number of nitrogens with zero attached hydrogens (tertiary/aromatic N) is 6. The Morgan fingerprint density at radius 3 is 2.71 bits per heavy atom. The molecular weight excluding hydrogens is 525 g/mol. The van der Waals surface area contributed by atoms with E-state index in [0.717, 1.165) is 29.5 Å². The summed E-state index contributed by atoms with van der Waals surface area (Å²) in [5.74, 6) is 0.133. The molecule has 0 spiro atoms. The highest BCUT2D eigenvalue weighted by atomic mass is 19.1. The summed E-state index contributed by atoms with van der Waals surface area (Å²) >= 11 is 0. The molecule has 0 saturated heterocycles. The van der Waals surface area contributed by atoms with Crippen LogP contribution in [0.3, 0.4) is 0 Å². The van der Waals surface area contributed by atoms with Crippen LogP contribution in [0.1, 0.15) is 71.0 Å². The highest BCUT2D eigenvalue weighted by Crippen LogP contribution is 2.42. The van der Waals surface area contributed by atoms with Crippen molar-refractivity contribution in [2.75, 3.05) is 17.2 Å². The van der Waals surface area contributed by atoms with Crippen LogP contribution in [0.25, 0.3) is 11.4 Å². The van der Waals surface area contributed by atoms with E-state index in [4.69, 9.17) is 5.73 Å². The van der Waals surface area contributed by atoms with Gasteiger partial charge in [-0.3, -0.25) is 9.48 Å². The molecule has 2 aliphatic rings. The van der Waals surface area contributed by atoms with E-state index in [1.807, 2.05) is 12.3 Å². The monoisotopic (exact) mass is 557 g/mol. The average Bonchev–Trinajstić information content (AvgIpc) is 3.68. The van der Waals surface area contributed by atoms with E-state index < -0.39 is 23.9 Å². The van der Waals surface area contributed by atoms with Crippen LogP contribution in [0.4, 0.5) is 16.0 Å². The van der Waals surface area contributed by atoms with Crippen LogP contribution in [-0.4, -0.2) is 53.0 Å². The lowest BCUT2D eigenvalue weighted by Crippen LogP contribution is -2.39. The molecule has 0 radical (unpaired) electrons. The molecule has 11 heteroatoms. The zero-order chi connectivity index (χ0) is 28.9. The molecule has 2 aromatic carbocycles. The minimum atomic E-state index is -0.914. The molecule has 0 atom stereocenters. The standard InChI is InChI=1S/C30H32FN7O3/c1-30(2,41)16-37-14-17(13-33-37)10-25-34-27(36-29(32)35-25)21-4-3-5-24(22(21)15-39)38-9-8-19-11-20(18-6-7-18)12-23(31)26(19)28(38)40/h3-5,11-14,18,39,41H,6-10,15-16H2,1-2H3,(H2,32,34,35,36). The number of aromatic nitrogens is 5. The average molecular weight is 558 g/mol. The van der Waals surface area contributed by atoms with Gasteiger partial charge in [0, 0.05) is 30.3 Å². The van der Waals surface area contributed by atoms with Gasteiger partial charge < -0.3 is 20.8 Å². The van der Waals surface area contributed by atoms with Gasteiger partial charge in [-0.1, -0.05) is 18.2 Å². The van der Waals surface area contributed by atoms with Crippen molar-refractivity contribution in [1.29, 1.82) is 0 Å².